The van der Waals surface area contributed by atoms with E-state index in [0.717, 1.165) is 19.4 Å². The monoisotopic (exact) mass is 270 g/mol. The summed E-state index contributed by atoms with van der Waals surface area (Å²) in [6.07, 6.45) is 1.94. The second-order valence-electron chi connectivity index (χ2n) is 4.57. The van der Waals surface area contributed by atoms with Crippen molar-refractivity contribution in [2.45, 2.75) is 46.6 Å². The van der Waals surface area contributed by atoms with Crippen LogP contribution in [-0.2, 0) is 0 Å². The maximum absolute atomic E-state index is 12.0. The number of nitrogens with one attached hydrogen (secondary N) is 2. The summed E-state index contributed by atoms with van der Waals surface area (Å²) < 4.78 is 0. The maximum Gasteiger partial charge on any atom is 0.282 e. The van der Waals surface area contributed by atoms with Gasteiger partial charge in [0, 0.05) is 12.6 Å². The first kappa shape index (κ1) is 14.9. The van der Waals surface area contributed by atoms with E-state index in [4.69, 9.17) is 0 Å². The molecule has 102 valence electrons. The summed E-state index contributed by atoms with van der Waals surface area (Å²) in [5.74, 6) is 0.294. The Morgan fingerprint density at radius 1 is 1.33 bits per heavy atom. The Bertz CT molecular complexity index is 378. The van der Waals surface area contributed by atoms with E-state index in [-0.39, 0.29) is 11.9 Å². The van der Waals surface area contributed by atoms with Crippen LogP contribution in [0.4, 0.5) is 5.13 Å². The molecule has 2 N–H and O–H groups in total. The van der Waals surface area contributed by atoms with Crippen LogP contribution in [0, 0.1) is 5.92 Å². The zero-order valence-electron chi connectivity index (χ0n) is 11.5. The molecule has 0 aliphatic rings. The van der Waals surface area contributed by atoms with E-state index in [1.54, 1.807) is 0 Å². The van der Waals surface area contributed by atoms with Gasteiger partial charge in [-0.2, -0.15) is 0 Å². The molecular weight excluding hydrogens is 248 g/mol. The lowest BCUT2D eigenvalue weighted by Gasteiger charge is -2.19. The normalized spacial score (nSPS) is 12.5. The van der Waals surface area contributed by atoms with Crippen LogP contribution in [0.1, 0.15) is 50.3 Å². The Kier molecular flexibility index (Phi) is 6.04. The molecule has 1 heterocycles. The maximum atomic E-state index is 12.0. The highest BCUT2D eigenvalue weighted by molar-refractivity contribution is 7.17. The number of carbonyl (C=O) groups is 1. The standard InChI is InChI=1S/C12H22N4OS/c1-5-7-13-12-16-15-11(18-12)10(17)14-9(6-2)8(3)4/h8-9H,5-7H2,1-4H3,(H,13,16)(H,14,17). The Balaban J connectivity index is 2.58. The van der Waals surface area contributed by atoms with E-state index < -0.39 is 0 Å². The minimum Gasteiger partial charge on any atom is -0.360 e. The highest BCUT2D eigenvalue weighted by atomic mass is 32.1. The third-order valence-electron chi connectivity index (χ3n) is 2.71. The van der Waals surface area contributed by atoms with Crippen molar-refractivity contribution in [1.82, 2.24) is 15.5 Å². The SMILES string of the molecule is CCCNc1nnc(C(=O)NC(CC)C(C)C)s1. The lowest BCUT2D eigenvalue weighted by atomic mass is 10.0. The second kappa shape index (κ2) is 7.31. The Morgan fingerprint density at radius 3 is 2.61 bits per heavy atom. The van der Waals surface area contributed by atoms with Gasteiger partial charge in [-0.05, 0) is 18.8 Å². The molecule has 0 aliphatic heterocycles. The molecule has 0 bridgehead atoms. The fraction of sp³-hybridized carbons (Fsp3) is 0.750. The number of hydrogen-bond acceptors (Lipinski definition) is 5. The second-order valence-corrected chi connectivity index (χ2v) is 5.55. The van der Waals surface area contributed by atoms with Gasteiger partial charge in [-0.1, -0.05) is 39.0 Å². The molecule has 0 spiro atoms. The molecule has 6 heteroatoms. The van der Waals surface area contributed by atoms with Crippen molar-refractivity contribution < 1.29 is 4.79 Å². The molecule has 1 amide bonds. The molecule has 0 aromatic carbocycles. The number of amides is 1. The van der Waals surface area contributed by atoms with Crippen molar-refractivity contribution in [2.24, 2.45) is 5.92 Å². The van der Waals surface area contributed by atoms with E-state index in [1.165, 1.54) is 11.3 Å². The summed E-state index contributed by atoms with van der Waals surface area (Å²) in [5.41, 5.74) is 0. The summed E-state index contributed by atoms with van der Waals surface area (Å²) >= 11 is 1.30. The molecule has 1 aromatic rings. The molecule has 1 unspecified atom stereocenters. The molecule has 1 aromatic heterocycles. The fourth-order valence-corrected chi connectivity index (χ4v) is 2.26. The molecule has 0 saturated carbocycles. The van der Waals surface area contributed by atoms with Gasteiger partial charge in [0.2, 0.25) is 10.1 Å². The minimum absolute atomic E-state index is 0.127. The van der Waals surface area contributed by atoms with Gasteiger partial charge in [-0.15, -0.1) is 10.2 Å². The number of hydrogen-bond donors (Lipinski definition) is 2. The molecule has 0 aliphatic carbocycles. The molecule has 1 atom stereocenters. The quantitative estimate of drug-likeness (QED) is 0.799. The van der Waals surface area contributed by atoms with Gasteiger partial charge < -0.3 is 10.6 Å². The van der Waals surface area contributed by atoms with E-state index in [2.05, 4.69) is 48.5 Å². The number of nitrogens with zero attached hydrogens (tertiary/aromatic N) is 2. The summed E-state index contributed by atoms with van der Waals surface area (Å²) in [4.78, 5) is 12.0. The summed E-state index contributed by atoms with van der Waals surface area (Å²) in [6, 6.07) is 0.188. The molecule has 5 nitrogen and oxygen atoms in total. The third-order valence-corrected chi connectivity index (χ3v) is 3.59. The van der Waals surface area contributed by atoms with Crippen LogP contribution < -0.4 is 10.6 Å². The van der Waals surface area contributed by atoms with Crippen LogP contribution in [-0.4, -0.2) is 28.7 Å². The van der Waals surface area contributed by atoms with Gasteiger partial charge in [-0.25, -0.2) is 0 Å². The lowest BCUT2D eigenvalue weighted by molar-refractivity contribution is 0.0923. The van der Waals surface area contributed by atoms with Crippen molar-refractivity contribution in [1.29, 1.82) is 0 Å². The number of carbonyl (C=O) groups excluding carboxylic acids is 1. The minimum atomic E-state index is -0.127. The predicted octanol–water partition coefficient (Wildman–Crippen LogP) is 2.52. The van der Waals surface area contributed by atoms with Crippen molar-refractivity contribution >= 4 is 22.4 Å². The highest BCUT2D eigenvalue weighted by Crippen LogP contribution is 2.16. The summed E-state index contributed by atoms with van der Waals surface area (Å²) in [5, 5.41) is 15.1. The van der Waals surface area contributed by atoms with Gasteiger partial charge in [0.1, 0.15) is 0 Å². The van der Waals surface area contributed by atoms with Gasteiger partial charge in [0.25, 0.3) is 5.91 Å². The molecule has 0 radical (unpaired) electrons. The van der Waals surface area contributed by atoms with Crippen molar-refractivity contribution in [2.75, 3.05) is 11.9 Å². The number of aromatic nitrogens is 2. The number of anilines is 1. The van der Waals surface area contributed by atoms with Crippen LogP contribution in [0.5, 0.6) is 0 Å². The molecule has 18 heavy (non-hydrogen) atoms. The largest absolute Gasteiger partial charge is 0.360 e. The Hall–Kier alpha value is -1.17. The van der Waals surface area contributed by atoms with Gasteiger partial charge in [0.15, 0.2) is 0 Å². The summed E-state index contributed by atoms with van der Waals surface area (Å²) in [6.45, 7) is 9.20. The highest BCUT2D eigenvalue weighted by Gasteiger charge is 2.18. The van der Waals surface area contributed by atoms with Crippen LogP contribution in [0.25, 0.3) is 0 Å². The van der Waals surface area contributed by atoms with E-state index in [1.807, 2.05) is 0 Å². The average molecular weight is 270 g/mol. The molecule has 1 rings (SSSR count). The molecule has 0 fully saturated rings. The average Bonchev–Trinajstić information content (AvgIpc) is 2.81. The number of rotatable bonds is 7. The van der Waals surface area contributed by atoms with E-state index >= 15 is 0 Å². The first-order valence-corrected chi connectivity index (χ1v) is 7.28. The predicted molar refractivity (Wildman–Crippen MR) is 75.1 cm³/mol. The Labute approximate surface area is 112 Å². The summed E-state index contributed by atoms with van der Waals surface area (Å²) in [7, 11) is 0. The first-order valence-electron chi connectivity index (χ1n) is 6.46. The van der Waals surface area contributed by atoms with Crippen molar-refractivity contribution in [3.8, 4) is 0 Å². The van der Waals surface area contributed by atoms with Gasteiger partial charge in [-0.3, -0.25) is 4.79 Å². The molecular formula is C12H22N4OS. The van der Waals surface area contributed by atoms with Gasteiger partial charge >= 0.3 is 0 Å². The fourth-order valence-electron chi connectivity index (χ4n) is 1.59. The first-order chi connectivity index (χ1) is 8.58. The zero-order chi connectivity index (χ0) is 13.5. The van der Waals surface area contributed by atoms with Crippen LogP contribution >= 0.6 is 11.3 Å². The zero-order valence-corrected chi connectivity index (χ0v) is 12.3. The Morgan fingerprint density at radius 2 is 2.06 bits per heavy atom. The molecule has 0 saturated heterocycles. The van der Waals surface area contributed by atoms with Crippen molar-refractivity contribution in [3.05, 3.63) is 5.01 Å². The van der Waals surface area contributed by atoms with Crippen LogP contribution in [0.15, 0.2) is 0 Å². The van der Waals surface area contributed by atoms with E-state index in [0.29, 0.717) is 16.1 Å². The lowest BCUT2D eigenvalue weighted by Crippen LogP contribution is -2.37. The van der Waals surface area contributed by atoms with Gasteiger partial charge in [0.05, 0.1) is 0 Å². The topological polar surface area (TPSA) is 66.9 Å². The van der Waals surface area contributed by atoms with Crippen LogP contribution in [0.2, 0.25) is 0 Å². The smallest absolute Gasteiger partial charge is 0.282 e. The van der Waals surface area contributed by atoms with E-state index in [9.17, 15) is 4.79 Å². The van der Waals surface area contributed by atoms with Crippen molar-refractivity contribution in [3.63, 3.8) is 0 Å². The third kappa shape index (κ3) is 4.25. The van der Waals surface area contributed by atoms with Crippen LogP contribution in [0.3, 0.4) is 0 Å².